The van der Waals surface area contributed by atoms with Crippen molar-refractivity contribution in [3.63, 3.8) is 0 Å². The molecule has 0 amide bonds. The topological polar surface area (TPSA) is 56.7 Å². The highest BCUT2D eigenvalue weighted by Gasteiger charge is 2.08. The van der Waals surface area contributed by atoms with Crippen LogP contribution in [0.25, 0.3) is 0 Å². The van der Waals surface area contributed by atoms with Gasteiger partial charge in [-0.25, -0.2) is 9.07 Å². The lowest BCUT2D eigenvalue weighted by Crippen LogP contribution is -2.11. The summed E-state index contributed by atoms with van der Waals surface area (Å²) in [4.78, 5) is 0. The maximum Gasteiger partial charge on any atom is 0.210 e. The number of hydrogen-bond donors (Lipinski definition) is 1. The number of halogens is 1. The number of benzene rings is 1. The molecular formula is C10H11FN4S. The van der Waals surface area contributed by atoms with Crippen LogP contribution >= 0.6 is 11.8 Å². The Kier molecular flexibility index (Phi) is 3.09. The Labute approximate surface area is 96.6 Å². The van der Waals surface area contributed by atoms with E-state index < -0.39 is 0 Å². The van der Waals surface area contributed by atoms with E-state index in [4.69, 9.17) is 5.84 Å². The molecule has 0 spiro atoms. The highest BCUT2D eigenvalue weighted by atomic mass is 32.2. The summed E-state index contributed by atoms with van der Waals surface area (Å²) in [5.74, 6) is 6.59. The third-order valence-corrected chi connectivity index (χ3v) is 3.14. The predicted molar refractivity (Wildman–Crippen MR) is 60.9 cm³/mol. The summed E-state index contributed by atoms with van der Waals surface area (Å²) in [6.45, 7) is 1.76. The summed E-state index contributed by atoms with van der Waals surface area (Å²) < 4.78 is 14.7. The van der Waals surface area contributed by atoms with Crippen molar-refractivity contribution in [2.75, 3.05) is 5.84 Å². The lowest BCUT2D eigenvalue weighted by molar-refractivity contribution is 0.617. The summed E-state index contributed by atoms with van der Waals surface area (Å²) in [7, 11) is 0. The second-order valence-electron chi connectivity index (χ2n) is 3.28. The summed E-state index contributed by atoms with van der Waals surface area (Å²) in [6.07, 6.45) is 0. The molecule has 0 radical (unpaired) electrons. The molecule has 1 heterocycles. The van der Waals surface area contributed by atoms with E-state index in [-0.39, 0.29) is 5.82 Å². The molecule has 2 rings (SSSR count). The van der Waals surface area contributed by atoms with Crippen LogP contribution in [0.3, 0.4) is 0 Å². The quantitative estimate of drug-likeness (QED) is 0.653. The zero-order valence-electron chi connectivity index (χ0n) is 8.72. The molecular weight excluding hydrogens is 227 g/mol. The molecule has 0 bridgehead atoms. The number of nitrogens with zero attached hydrogens (tertiary/aromatic N) is 3. The highest BCUT2D eigenvalue weighted by molar-refractivity contribution is 7.98. The predicted octanol–water partition coefficient (Wildman–Crippen LogP) is 1.73. The molecule has 2 aromatic rings. The number of aryl methyl sites for hydroxylation is 1. The zero-order valence-corrected chi connectivity index (χ0v) is 9.54. The molecule has 1 aromatic carbocycles. The second kappa shape index (κ2) is 4.52. The van der Waals surface area contributed by atoms with Crippen LogP contribution < -0.4 is 5.84 Å². The van der Waals surface area contributed by atoms with Gasteiger partial charge in [-0.05, 0) is 18.6 Å². The van der Waals surface area contributed by atoms with E-state index in [9.17, 15) is 4.39 Å². The molecule has 16 heavy (non-hydrogen) atoms. The Morgan fingerprint density at radius 1 is 1.38 bits per heavy atom. The van der Waals surface area contributed by atoms with Crippen LogP contribution in [0.5, 0.6) is 0 Å². The van der Waals surface area contributed by atoms with Crippen molar-refractivity contribution in [2.45, 2.75) is 17.8 Å². The van der Waals surface area contributed by atoms with Gasteiger partial charge < -0.3 is 5.84 Å². The fraction of sp³-hybridized carbons (Fsp3) is 0.200. The van der Waals surface area contributed by atoms with Gasteiger partial charge in [-0.1, -0.05) is 30.0 Å². The molecule has 84 valence electrons. The molecule has 1 aromatic heterocycles. The largest absolute Gasteiger partial charge is 0.336 e. The van der Waals surface area contributed by atoms with E-state index in [2.05, 4.69) is 10.2 Å². The van der Waals surface area contributed by atoms with Crippen molar-refractivity contribution in [1.82, 2.24) is 14.9 Å². The fourth-order valence-corrected chi connectivity index (χ4v) is 2.09. The van der Waals surface area contributed by atoms with Gasteiger partial charge >= 0.3 is 0 Å². The highest BCUT2D eigenvalue weighted by Crippen LogP contribution is 2.21. The van der Waals surface area contributed by atoms with Crippen molar-refractivity contribution in [3.05, 3.63) is 41.5 Å². The monoisotopic (exact) mass is 238 g/mol. The summed E-state index contributed by atoms with van der Waals surface area (Å²) in [5.41, 5.74) is 0.633. The molecule has 0 aliphatic rings. The number of nitrogens with two attached hydrogens (primary N) is 1. The molecule has 0 unspecified atom stereocenters. The van der Waals surface area contributed by atoms with Gasteiger partial charge in [-0.2, -0.15) is 0 Å². The van der Waals surface area contributed by atoms with Gasteiger partial charge in [0.05, 0.1) is 0 Å². The normalized spacial score (nSPS) is 10.6. The van der Waals surface area contributed by atoms with Crippen molar-refractivity contribution < 1.29 is 4.39 Å². The first kappa shape index (κ1) is 10.9. The minimum absolute atomic E-state index is 0.213. The van der Waals surface area contributed by atoms with Crippen molar-refractivity contribution in [2.24, 2.45) is 0 Å². The van der Waals surface area contributed by atoms with Gasteiger partial charge in [0.25, 0.3) is 0 Å². The van der Waals surface area contributed by atoms with Gasteiger partial charge in [0.1, 0.15) is 11.6 Å². The van der Waals surface area contributed by atoms with Gasteiger partial charge in [-0.3, -0.25) is 0 Å². The number of hydrogen-bond acceptors (Lipinski definition) is 4. The van der Waals surface area contributed by atoms with Crippen LogP contribution in [0.15, 0.2) is 29.4 Å². The Hall–Kier alpha value is -1.56. The molecule has 0 aliphatic heterocycles. The fourth-order valence-electron chi connectivity index (χ4n) is 1.21. The van der Waals surface area contributed by atoms with Crippen LogP contribution in [-0.4, -0.2) is 14.9 Å². The number of aromatic nitrogens is 3. The average Bonchev–Trinajstić information content (AvgIpc) is 2.59. The van der Waals surface area contributed by atoms with E-state index in [0.29, 0.717) is 22.3 Å². The first-order valence-corrected chi connectivity index (χ1v) is 5.70. The van der Waals surface area contributed by atoms with Crippen molar-refractivity contribution in [3.8, 4) is 0 Å². The Morgan fingerprint density at radius 2 is 2.12 bits per heavy atom. The van der Waals surface area contributed by atoms with Crippen LogP contribution in [0.2, 0.25) is 0 Å². The van der Waals surface area contributed by atoms with E-state index in [0.717, 1.165) is 0 Å². The lowest BCUT2D eigenvalue weighted by atomic mass is 10.2. The maximum absolute atomic E-state index is 13.3. The van der Waals surface area contributed by atoms with E-state index in [1.54, 1.807) is 25.1 Å². The summed E-state index contributed by atoms with van der Waals surface area (Å²) in [5, 5.41) is 8.30. The van der Waals surface area contributed by atoms with Crippen molar-refractivity contribution in [1.29, 1.82) is 0 Å². The van der Waals surface area contributed by atoms with Gasteiger partial charge in [0.2, 0.25) is 5.16 Å². The van der Waals surface area contributed by atoms with Crippen LogP contribution in [0, 0.1) is 12.7 Å². The smallest absolute Gasteiger partial charge is 0.210 e. The van der Waals surface area contributed by atoms with Gasteiger partial charge in [-0.15, -0.1) is 10.2 Å². The minimum Gasteiger partial charge on any atom is -0.336 e. The third kappa shape index (κ3) is 2.16. The molecule has 0 saturated carbocycles. The molecule has 2 N–H and O–H groups in total. The SMILES string of the molecule is Cc1nnc(SCc2ccccc2F)n1N. The minimum atomic E-state index is -0.213. The molecule has 6 heteroatoms. The molecule has 4 nitrogen and oxygen atoms in total. The Morgan fingerprint density at radius 3 is 2.75 bits per heavy atom. The van der Waals surface area contributed by atoms with Crippen LogP contribution in [0.1, 0.15) is 11.4 Å². The van der Waals surface area contributed by atoms with E-state index in [1.165, 1.54) is 22.5 Å². The third-order valence-electron chi connectivity index (χ3n) is 2.15. The number of rotatable bonds is 3. The van der Waals surface area contributed by atoms with E-state index >= 15 is 0 Å². The van der Waals surface area contributed by atoms with Gasteiger partial charge in [0.15, 0.2) is 0 Å². The Bertz CT molecular complexity index is 497. The second-order valence-corrected chi connectivity index (χ2v) is 4.22. The first-order valence-electron chi connectivity index (χ1n) is 4.72. The standard InChI is InChI=1S/C10H11FN4S/c1-7-13-14-10(15(7)12)16-6-8-4-2-3-5-9(8)11/h2-5H,6,12H2,1H3. The van der Waals surface area contributed by atoms with Gasteiger partial charge in [0, 0.05) is 5.75 Å². The summed E-state index contributed by atoms with van der Waals surface area (Å²) >= 11 is 1.36. The maximum atomic E-state index is 13.3. The number of nitrogen functional groups attached to an aromatic ring is 1. The zero-order chi connectivity index (χ0) is 11.5. The lowest BCUT2D eigenvalue weighted by Gasteiger charge is -2.02. The number of thioether (sulfide) groups is 1. The van der Waals surface area contributed by atoms with Crippen molar-refractivity contribution >= 4 is 11.8 Å². The average molecular weight is 238 g/mol. The van der Waals surface area contributed by atoms with E-state index in [1.807, 2.05) is 0 Å². The molecule has 0 atom stereocenters. The summed E-state index contributed by atoms with van der Waals surface area (Å²) in [6, 6.07) is 6.65. The molecule has 0 aliphatic carbocycles. The first-order chi connectivity index (χ1) is 7.68. The van der Waals surface area contributed by atoms with Crippen LogP contribution in [-0.2, 0) is 5.75 Å². The molecule has 0 saturated heterocycles. The Balaban J connectivity index is 2.08. The van der Waals surface area contributed by atoms with Crippen LogP contribution in [0.4, 0.5) is 4.39 Å². The molecule has 0 fully saturated rings.